The SMILES string of the molecule is COc1ccc(N2CCN(C(=O)Cn3cnc4scc(-c5ccc(C)c(C)c5)c4c3=O)CC2)cc1. The number of benzene rings is 2. The molecule has 1 saturated heterocycles. The first-order chi connectivity index (χ1) is 16.9. The molecule has 1 aliphatic rings. The molecule has 0 bridgehead atoms. The van der Waals surface area contributed by atoms with Gasteiger partial charge in [-0.05, 0) is 54.8 Å². The number of nitrogens with zero attached hydrogens (tertiary/aromatic N) is 4. The maximum Gasteiger partial charge on any atom is 0.263 e. The van der Waals surface area contributed by atoms with Crippen LogP contribution in [-0.4, -0.2) is 53.6 Å². The fourth-order valence-electron chi connectivity index (χ4n) is 4.45. The number of piperazine rings is 1. The molecule has 3 heterocycles. The molecule has 1 amide bonds. The molecule has 2 aromatic heterocycles. The lowest BCUT2D eigenvalue weighted by atomic mass is 10.0. The Bertz CT molecular complexity index is 1430. The predicted molar refractivity (Wildman–Crippen MR) is 141 cm³/mol. The van der Waals surface area contributed by atoms with Crippen molar-refractivity contribution in [3.05, 3.63) is 75.7 Å². The molecule has 35 heavy (non-hydrogen) atoms. The van der Waals surface area contributed by atoms with E-state index < -0.39 is 0 Å². The number of aryl methyl sites for hydroxylation is 2. The summed E-state index contributed by atoms with van der Waals surface area (Å²) in [6.45, 7) is 6.84. The minimum atomic E-state index is -0.172. The van der Waals surface area contributed by atoms with E-state index in [1.165, 1.54) is 33.4 Å². The number of carbonyl (C=O) groups excluding carboxylic acids is 1. The Morgan fingerprint density at radius 3 is 2.46 bits per heavy atom. The lowest BCUT2D eigenvalue weighted by Crippen LogP contribution is -2.50. The van der Waals surface area contributed by atoms with Gasteiger partial charge in [0, 0.05) is 42.8 Å². The highest BCUT2D eigenvalue weighted by Gasteiger charge is 2.23. The molecule has 0 atom stereocenters. The Labute approximate surface area is 208 Å². The first-order valence-corrected chi connectivity index (χ1v) is 12.5. The van der Waals surface area contributed by atoms with Gasteiger partial charge in [-0.1, -0.05) is 18.2 Å². The van der Waals surface area contributed by atoms with Crippen LogP contribution in [0.15, 0.2) is 59.0 Å². The third kappa shape index (κ3) is 4.53. The first-order valence-electron chi connectivity index (χ1n) is 11.7. The van der Waals surface area contributed by atoms with Crippen molar-refractivity contribution in [3.63, 3.8) is 0 Å². The average Bonchev–Trinajstić information content (AvgIpc) is 3.32. The number of anilines is 1. The topological polar surface area (TPSA) is 67.7 Å². The number of thiophene rings is 1. The van der Waals surface area contributed by atoms with Crippen molar-refractivity contribution in [2.75, 3.05) is 38.2 Å². The van der Waals surface area contributed by atoms with Crippen molar-refractivity contribution in [3.8, 4) is 16.9 Å². The molecule has 1 aliphatic heterocycles. The molecule has 0 radical (unpaired) electrons. The Morgan fingerprint density at radius 1 is 1.03 bits per heavy atom. The Kier molecular flexibility index (Phi) is 6.30. The second-order valence-corrected chi connectivity index (χ2v) is 9.73. The van der Waals surface area contributed by atoms with Crippen molar-refractivity contribution >= 4 is 33.1 Å². The van der Waals surface area contributed by atoms with Crippen molar-refractivity contribution in [1.29, 1.82) is 0 Å². The number of hydrogen-bond acceptors (Lipinski definition) is 6. The van der Waals surface area contributed by atoms with Gasteiger partial charge in [0.15, 0.2) is 0 Å². The van der Waals surface area contributed by atoms with E-state index >= 15 is 0 Å². The fourth-order valence-corrected chi connectivity index (χ4v) is 5.36. The minimum absolute atomic E-state index is 0.00742. The molecule has 180 valence electrons. The lowest BCUT2D eigenvalue weighted by molar-refractivity contribution is -0.132. The molecular formula is C27H28N4O3S. The molecule has 0 saturated carbocycles. The maximum absolute atomic E-state index is 13.4. The quantitative estimate of drug-likeness (QED) is 0.423. The standard InChI is InChI=1S/C27H28N4O3S/c1-18-4-5-20(14-19(18)2)23-16-35-26-25(23)27(33)31(17-28-26)15-24(32)30-12-10-29(11-13-30)21-6-8-22(34-3)9-7-21/h4-9,14,16-17H,10-13,15H2,1-3H3. The number of methoxy groups -OCH3 is 1. The van der Waals surface area contributed by atoms with Gasteiger partial charge in [-0.3, -0.25) is 14.2 Å². The average molecular weight is 489 g/mol. The zero-order valence-corrected chi connectivity index (χ0v) is 21.0. The number of amides is 1. The molecule has 4 aromatic rings. The third-order valence-corrected chi connectivity index (χ3v) is 7.64. The lowest BCUT2D eigenvalue weighted by Gasteiger charge is -2.36. The van der Waals surface area contributed by atoms with Gasteiger partial charge >= 0.3 is 0 Å². The first kappa shape index (κ1) is 23.1. The molecule has 5 rings (SSSR count). The van der Waals surface area contributed by atoms with Crippen molar-refractivity contribution in [2.45, 2.75) is 20.4 Å². The largest absolute Gasteiger partial charge is 0.497 e. The van der Waals surface area contributed by atoms with Crippen LogP contribution in [0.1, 0.15) is 11.1 Å². The van der Waals surface area contributed by atoms with E-state index in [0.29, 0.717) is 23.3 Å². The van der Waals surface area contributed by atoms with Gasteiger partial charge < -0.3 is 14.5 Å². The summed E-state index contributed by atoms with van der Waals surface area (Å²) in [5.74, 6) is 0.760. The summed E-state index contributed by atoms with van der Waals surface area (Å²) in [4.78, 5) is 35.7. The second kappa shape index (κ2) is 9.54. The maximum atomic E-state index is 13.4. The van der Waals surface area contributed by atoms with Crippen LogP contribution in [0.5, 0.6) is 5.75 Å². The summed E-state index contributed by atoms with van der Waals surface area (Å²) >= 11 is 1.46. The van der Waals surface area contributed by atoms with Crippen LogP contribution >= 0.6 is 11.3 Å². The van der Waals surface area contributed by atoms with Gasteiger partial charge in [0.25, 0.3) is 5.56 Å². The summed E-state index contributed by atoms with van der Waals surface area (Å²) in [6, 6.07) is 14.2. The molecule has 2 aromatic carbocycles. The number of fused-ring (bicyclic) bond motifs is 1. The Morgan fingerprint density at radius 2 is 1.77 bits per heavy atom. The monoisotopic (exact) mass is 488 g/mol. The van der Waals surface area contributed by atoms with Gasteiger partial charge in [-0.25, -0.2) is 4.98 Å². The molecule has 8 heteroatoms. The van der Waals surface area contributed by atoms with Crippen LogP contribution in [0.4, 0.5) is 5.69 Å². The van der Waals surface area contributed by atoms with E-state index in [1.54, 1.807) is 7.11 Å². The minimum Gasteiger partial charge on any atom is -0.497 e. The van der Waals surface area contributed by atoms with Gasteiger partial charge in [0.05, 0.1) is 18.8 Å². The number of aromatic nitrogens is 2. The predicted octanol–water partition coefficient (Wildman–Crippen LogP) is 4.10. The molecule has 0 spiro atoms. The molecule has 0 N–H and O–H groups in total. The van der Waals surface area contributed by atoms with Gasteiger partial charge in [0.2, 0.25) is 5.91 Å². The van der Waals surface area contributed by atoms with Crippen molar-refractivity contribution in [1.82, 2.24) is 14.5 Å². The molecule has 0 aliphatic carbocycles. The number of carbonyl (C=O) groups is 1. The Balaban J connectivity index is 1.31. The zero-order chi connectivity index (χ0) is 24.5. The molecule has 1 fully saturated rings. The molecule has 0 unspecified atom stereocenters. The van der Waals surface area contributed by atoms with Crippen LogP contribution in [0.3, 0.4) is 0 Å². The third-order valence-electron chi connectivity index (χ3n) is 6.75. The van der Waals surface area contributed by atoms with Crippen LogP contribution in [0.25, 0.3) is 21.3 Å². The number of hydrogen-bond donors (Lipinski definition) is 0. The normalized spacial score (nSPS) is 13.9. The van der Waals surface area contributed by atoms with Crippen LogP contribution < -0.4 is 15.2 Å². The summed E-state index contributed by atoms with van der Waals surface area (Å²) < 4.78 is 6.67. The second-order valence-electron chi connectivity index (χ2n) is 8.87. The van der Waals surface area contributed by atoms with E-state index in [9.17, 15) is 9.59 Å². The van der Waals surface area contributed by atoms with Crippen LogP contribution in [0.2, 0.25) is 0 Å². The summed E-state index contributed by atoms with van der Waals surface area (Å²) in [7, 11) is 1.65. The Hall–Kier alpha value is -3.65. The summed E-state index contributed by atoms with van der Waals surface area (Å²) in [5, 5.41) is 2.56. The highest BCUT2D eigenvalue weighted by molar-refractivity contribution is 7.17. The van der Waals surface area contributed by atoms with Gasteiger partial charge in [-0.2, -0.15) is 0 Å². The molecular weight excluding hydrogens is 460 g/mol. The van der Waals surface area contributed by atoms with Gasteiger partial charge in [0.1, 0.15) is 17.1 Å². The number of ether oxygens (including phenoxy) is 1. The highest BCUT2D eigenvalue weighted by atomic mass is 32.1. The van der Waals surface area contributed by atoms with E-state index in [2.05, 4.69) is 35.9 Å². The van der Waals surface area contributed by atoms with Crippen LogP contribution in [-0.2, 0) is 11.3 Å². The summed E-state index contributed by atoms with van der Waals surface area (Å²) in [5.41, 5.74) is 5.20. The highest BCUT2D eigenvalue weighted by Crippen LogP contribution is 2.31. The molecule has 7 nitrogen and oxygen atoms in total. The van der Waals surface area contributed by atoms with E-state index in [0.717, 1.165) is 35.7 Å². The van der Waals surface area contributed by atoms with E-state index in [-0.39, 0.29) is 18.0 Å². The number of rotatable bonds is 5. The smallest absolute Gasteiger partial charge is 0.263 e. The van der Waals surface area contributed by atoms with Crippen molar-refractivity contribution < 1.29 is 9.53 Å². The van der Waals surface area contributed by atoms with Crippen LogP contribution in [0, 0.1) is 13.8 Å². The van der Waals surface area contributed by atoms with E-state index in [1.807, 2.05) is 40.6 Å². The van der Waals surface area contributed by atoms with Gasteiger partial charge in [-0.15, -0.1) is 11.3 Å². The summed E-state index contributed by atoms with van der Waals surface area (Å²) in [6.07, 6.45) is 1.50. The van der Waals surface area contributed by atoms with E-state index in [4.69, 9.17) is 4.74 Å². The van der Waals surface area contributed by atoms with Crippen molar-refractivity contribution in [2.24, 2.45) is 0 Å². The fraction of sp³-hybridized carbons (Fsp3) is 0.296. The zero-order valence-electron chi connectivity index (χ0n) is 20.2.